The van der Waals surface area contributed by atoms with E-state index in [1.165, 1.54) is 11.3 Å². The van der Waals surface area contributed by atoms with Gasteiger partial charge in [-0.1, -0.05) is 23.2 Å². The zero-order chi connectivity index (χ0) is 6.85. The van der Waals surface area contributed by atoms with E-state index in [1.54, 1.807) is 5.38 Å². The van der Waals surface area contributed by atoms with Crippen molar-refractivity contribution < 1.29 is 0 Å². The Morgan fingerprint density at radius 2 is 2.22 bits per heavy atom. The third kappa shape index (κ3) is 1.38. The second-order valence-electron chi connectivity index (χ2n) is 1.52. The summed E-state index contributed by atoms with van der Waals surface area (Å²) in [6.07, 6.45) is 0. The molecule has 1 aromatic heterocycles. The predicted octanol–water partition coefficient (Wildman–Crippen LogP) is 2.51. The third-order valence-electron chi connectivity index (χ3n) is 0.945. The van der Waals surface area contributed by atoms with Gasteiger partial charge in [0.25, 0.3) is 0 Å². The summed E-state index contributed by atoms with van der Waals surface area (Å²) < 4.78 is 0. The molecule has 0 aromatic carbocycles. The molecule has 0 aliphatic rings. The average molecular weight is 182 g/mol. The van der Waals surface area contributed by atoms with Gasteiger partial charge in [0.2, 0.25) is 0 Å². The van der Waals surface area contributed by atoms with E-state index < -0.39 is 0 Å². The highest BCUT2D eigenvalue weighted by Gasteiger charge is 2.04. The zero-order valence-corrected chi connectivity index (χ0v) is 6.85. The Kier molecular flexibility index (Phi) is 2.35. The predicted molar refractivity (Wildman–Crippen MR) is 42.2 cm³/mol. The van der Waals surface area contributed by atoms with Crippen molar-refractivity contribution in [3.05, 3.63) is 20.3 Å². The first-order valence-electron chi connectivity index (χ1n) is 2.37. The summed E-state index contributed by atoms with van der Waals surface area (Å²) in [4.78, 5) is 0.946. The Labute approximate surface area is 67.4 Å². The second-order valence-corrected chi connectivity index (χ2v) is 3.27. The van der Waals surface area contributed by atoms with E-state index in [9.17, 15) is 0 Å². The fraction of sp³-hybridized carbons (Fsp3) is 0.200. The Hall–Kier alpha value is 0.240. The topological polar surface area (TPSA) is 26.0 Å². The standard InChI is InChI=1S/C5H5Cl2NS/c6-3-2-9-4(1-8)5(3)7/h2H,1,8H2. The molecule has 1 rings (SSSR count). The maximum atomic E-state index is 5.71. The maximum absolute atomic E-state index is 5.71. The molecule has 1 aromatic rings. The van der Waals surface area contributed by atoms with Crippen molar-refractivity contribution in [3.63, 3.8) is 0 Å². The number of nitrogens with two attached hydrogens (primary N) is 1. The van der Waals surface area contributed by atoms with Crippen LogP contribution in [-0.2, 0) is 6.54 Å². The van der Waals surface area contributed by atoms with E-state index in [1.807, 2.05) is 0 Å². The molecule has 0 aliphatic carbocycles. The Morgan fingerprint density at radius 3 is 2.44 bits per heavy atom. The van der Waals surface area contributed by atoms with Gasteiger partial charge >= 0.3 is 0 Å². The second kappa shape index (κ2) is 2.88. The van der Waals surface area contributed by atoms with Crippen molar-refractivity contribution in [2.24, 2.45) is 5.73 Å². The largest absolute Gasteiger partial charge is 0.326 e. The lowest BCUT2D eigenvalue weighted by Gasteiger charge is -1.87. The van der Waals surface area contributed by atoms with Crippen molar-refractivity contribution in [2.75, 3.05) is 0 Å². The summed E-state index contributed by atoms with van der Waals surface area (Å²) in [5, 5.41) is 2.98. The highest BCUT2D eigenvalue weighted by molar-refractivity contribution is 7.11. The van der Waals surface area contributed by atoms with E-state index >= 15 is 0 Å². The fourth-order valence-corrected chi connectivity index (χ4v) is 1.80. The summed E-state index contributed by atoms with van der Waals surface area (Å²) in [6.45, 7) is 0.468. The zero-order valence-electron chi connectivity index (χ0n) is 4.53. The molecule has 50 valence electrons. The SMILES string of the molecule is NCc1scc(Cl)c1Cl. The van der Waals surface area contributed by atoms with Crippen LogP contribution in [0.15, 0.2) is 5.38 Å². The molecule has 1 nitrogen and oxygen atoms in total. The molecule has 9 heavy (non-hydrogen) atoms. The van der Waals surface area contributed by atoms with Gasteiger partial charge in [-0.05, 0) is 0 Å². The Balaban J connectivity index is 3.04. The summed E-state index contributed by atoms with van der Waals surface area (Å²) >= 11 is 12.8. The number of thiophene rings is 1. The molecule has 0 atom stereocenters. The van der Waals surface area contributed by atoms with Crippen LogP contribution in [-0.4, -0.2) is 0 Å². The van der Waals surface area contributed by atoms with E-state index in [-0.39, 0.29) is 0 Å². The van der Waals surface area contributed by atoms with Gasteiger partial charge in [-0.25, -0.2) is 0 Å². The Bertz CT molecular complexity index is 209. The van der Waals surface area contributed by atoms with Crippen LogP contribution in [0.25, 0.3) is 0 Å². The Morgan fingerprint density at radius 1 is 1.56 bits per heavy atom. The lowest BCUT2D eigenvalue weighted by molar-refractivity contribution is 1.11. The molecule has 1 heterocycles. The van der Waals surface area contributed by atoms with Gasteiger partial charge in [0.1, 0.15) is 0 Å². The minimum absolute atomic E-state index is 0.468. The van der Waals surface area contributed by atoms with Crippen molar-refractivity contribution >= 4 is 34.5 Å². The first kappa shape index (κ1) is 7.35. The molecular weight excluding hydrogens is 177 g/mol. The highest BCUT2D eigenvalue weighted by atomic mass is 35.5. The number of rotatable bonds is 1. The summed E-state index contributed by atoms with van der Waals surface area (Å²) in [7, 11) is 0. The number of hydrogen-bond donors (Lipinski definition) is 1. The van der Waals surface area contributed by atoms with E-state index in [4.69, 9.17) is 28.9 Å². The van der Waals surface area contributed by atoms with Crippen LogP contribution in [0.3, 0.4) is 0 Å². The molecule has 0 saturated carbocycles. The first-order valence-corrected chi connectivity index (χ1v) is 4.00. The van der Waals surface area contributed by atoms with Crippen molar-refractivity contribution in [2.45, 2.75) is 6.54 Å². The first-order chi connectivity index (χ1) is 4.25. The van der Waals surface area contributed by atoms with Crippen LogP contribution in [0, 0.1) is 0 Å². The molecule has 0 aliphatic heterocycles. The number of hydrogen-bond acceptors (Lipinski definition) is 2. The smallest absolute Gasteiger partial charge is 0.0744 e. The van der Waals surface area contributed by atoms with Gasteiger partial charge in [-0.2, -0.15) is 0 Å². The normalized spacial score (nSPS) is 10.1. The molecule has 0 bridgehead atoms. The molecule has 0 spiro atoms. The van der Waals surface area contributed by atoms with Crippen LogP contribution >= 0.6 is 34.5 Å². The molecule has 2 N–H and O–H groups in total. The molecular formula is C5H5Cl2NS. The highest BCUT2D eigenvalue weighted by Crippen LogP contribution is 2.30. The van der Waals surface area contributed by atoms with Crippen molar-refractivity contribution in [1.29, 1.82) is 0 Å². The van der Waals surface area contributed by atoms with Gasteiger partial charge in [0.05, 0.1) is 10.0 Å². The van der Waals surface area contributed by atoms with Crippen LogP contribution in [0.2, 0.25) is 10.0 Å². The van der Waals surface area contributed by atoms with Gasteiger partial charge in [-0.3, -0.25) is 0 Å². The average Bonchev–Trinajstić information content (AvgIpc) is 2.15. The lowest BCUT2D eigenvalue weighted by atomic mass is 10.5. The molecule has 0 saturated heterocycles. The fourth-order valence-electron chi connectivity index (χ4n) is 0.497. The van der Waals surface area contributed by atoms with E-state index in [0.717, 1.165) is 4.88 Å². The lowest BCUT2D eigenvalue weighted by Crippen LogP contribution is -1.92. The van der Waals surface area contributed by atoms with Crippen LogP contribution in [0.4, 0.5) is 0 Å². The van der Waals surface area contributed by atoms with Gasteiger partial charge < -0.3 is 5.73 Å². The number of halogens is 2. The van der Waals surface area contributed by atoms with Crippen LogP contribution in [0.1, 0.15) is 4.88 Å². The van der Waals surface area contributed by atoms with Crippen molar-refractivity contribution in [1.82, 2.24) is 0 Å². The minimum atomic E-state index is 0.468. The van der Waals surface area contributed by atoms with Gasteiger partial charge in [-0.15, -0.1) is 11.3 Å². The summed E-state index contributed by atoms with van der Waals surface area (Å²) in [5.74, 6) is 0. The summed E-state index contributed by atoms with van der Waals surface area (Å²) in [6, 6.07) is 0. The molecule has 0 unspecified atom stereocenters. The molecule has 0 radical (unpaired) electrons. The van der Waals surface area contributed by atoms with Crippen molar-refractivity contribution in [3.8, 4) is 0 Å². The van der Waals surface area contributed by atoms with Crippen LogP contribution in [0.5, 0.6) is 0 Å². The summed E-state index contributed by atoms with van der Waals surface area (Å²) in [5.41, 5.74) is 5.33. The van der Waals surface area contributed by atoms with Crippen LogP contribution < -0.4 is 5.73 Å². The van der Waals surface area contributed by atoms with E-state index in [2.05, 4.69) is 0 Å². The monoisotopic (exact) mass is 181 g/mol. The molecule has 4 heteroatoms. The van der Waals surface area contributed by atoms with Gasteiger partial charge in [0.15, 0.2) is 0 Å². The minimum Gasteiger partial charge on any atom is -0.326 e. The molecule has 0 fully saturated rings. The van der Waals surface area contributed by atoms with E-state index in [0.29, 0.717) is 16.6 Å². The molecule has 0 amide bonds. The quantitative estimate of drug-likeness (QED) is 0.709. The van der Waals surface area contributed by atoms with Gasteiger partial charge in [0, 0.05) is 16.8 Å². The third-order valence-corrected chi connectivity index (χ3v) is 3.02. The maximum Gasteiger partial charge on any atom is 0.0744 e.